The topological polar surface area (TPSA) is 61.3 Å². The van der Waals surface area contributed by atoms with E-state index in [1.54, 1.807) is 6.33 Å². The van der Waals surface area contributed by atoms with Gasteiger partial charge in [-0.2, -0.15) is 0 Å². The number of halogens is 1. The lowest BCUT2D eigenvalue weighted by molar-refractivity contribution is 0.145. The zero-order chi connectivity index (χ0) is 13.0. The highest BCUT2D eigenvalue weighted by molar-refractivity contribution is 9.10. The molecule has 18 heavy (non-hydrogen) atoms. The zero-order valence-electron chi connectivity index (χ0n) is 10.6. The van der Waals surface area contributed by atoms with Crippen LogP contribution in [0.5, 0.6) is 0 Å². The summed E-state index contributed by atoms with van der Waals surface area (Å²) in [5.41, 5.74) is 0. The van der Waals surface area contributed by atoms with Gasteiger partial charge in [0.05, 0.1) is 6.10 Å². The Labute approximate surface area is 116 Å². The minimum atomic E-state index is -0.167. The summed E-state index contributed by atoms with van der Waals surface area (Å²) >= 11 is 3.57. The van der Waals surface area contributed by atoms with Gasteiger partial charge in [0.2, 0.25) is 0 Å². The number of rotatable bonds is 4. The molecule has 2 N–H and O–H groups in total. The summed E-state index contributed by atoms with van der Waals surface area (Å²) in [5, 5.41) is 12.8. The molecule has 1 aliphatic heterocycles. The predicted molar refractivity (Wildman–Crippen MR) is 76.0 cm³/mol. The van der Waals surface area contributed by atoms with Crippen LogP contribution < -0.4 is 10.2 Å². The van der Waals surface area contributed by atoms with E-state index in [-0.39, 0.29) is 6.10 Å². The minimum absolute atomic E-state index is 0.167. The van der Waals surface area contributed by atoms with E-state index in [0.717, 1.165) is 55.0 Å². The number of aliphatic hydroxyl groups is 1. The third-order valence-electron chi connectivity index (χ3n) is 3.08. The molecule has 1 aromatic heterocycles. The molecule has 1 aliphatic rings. The van der Waals surface area contributed by atoms with Gasteiger partial charge in [0, 0.05) is 19.6 Å². The highest BCUT2D eigenvalue weighted by Crippen LogP contribution is 2.31. The number of piperidine rings is 1. The fourth-order valence-corrected chi connectivity index (χ4v) is 2.62. The summed E-state index contributed by atoms with van der Waals surface area (Å²) < 4.78 is 0.912. The van der Waals surface area contributed by atoms with E-state index < -0.39 is 0 Å². The molecular weight excluding hydrogens is 296 g/mol. The van der Waals surface area contributed by atoms with Gasteiger partial charge < -0.3 is 15.3 Å². The molecule has 0 unspecified atom stereocenters. The summed E-state index contributed by atoms with van der Waals surface area (Å²) in [5.74, 6) is 1.75. The van der Waals surface area contributed by atoms with E-state index in [1.165, 1.54) is 0 Å². The van der Waals surface area contributed by atoms with Gasteiger partial charge in [-0.15, -0.1) is 0 Å². The SMILES string of the molecule is CCCNc1ncnc(N2CCC(O)CC2)c1Br. The van der Waals surface area contributed by atoms with Crippen molar-refractivity contribution in [2.24, 2.45) is 0 Å². The monoisotopic (exact) mass is 314 g/mol. The van der Waals surface area contributed by atoms with Gasteiger partial charge in [0.15, 0.2) is 0 Å². The Morgan fingerprint density at radius 3 is 2.83 bits per heavy atom. The van der Waals surface area contributed by atoms with Gasteiger partial charge in [-0.25, -0.2) is 9.97 Å². The van der Waals surface area contributed by atoms with Crippen molar-refractivity contribution >= 4 is 27.6 Å². The van der Waals surface area contributed by atoms with Crippen molar-refractivity contribution in [1.29, 1.82) is 0 Å². The normalized spacial score (nSPS) is 16.9. The molecule has 5 nitrogen and oxygen atoms in total. The predicted octanol–water partition coefficient (Wildman–Crippen LogP) is 2.02. The van der Waals surface area contributed by atoms with Crippen LogP contribution in [-0.4, -0.2) is 40.8 Å². The Morgan fingerprint density at radius 2 is 2.17 bits per heavy atom. The largest absolute Gasteiger partial charge is 0.393 e. The van der Waals surface area contributed by atoms with Crippen molar-refractivity contribution in [1.82, 2.24) is 9.97 Å². The van der Waals surface area contributed by atoms with Crippen LogP contribution in [0.3, 0.4) is 0 Å². The number of aromatic nitrogens is 2. The molecule has 6 heteroatoms. The molecule has 1 fully saturated rings. The Balaban J connectivity index is 2.12. The molecule has 100 valence electrons. The van der Waals surface area contributed by atoms with Gasteiger partial charge in [0.1, 0.15) is 22.4 Å². The van der Waals surface area contributed by atoms with Crippen molar-refractivity contribution in [3.8, 4) is 0 Å². The fraction of sp³-hybridized carbons (Fsp3) is 0.667. The zero-order valence-corrected chi connectivity index (χ0v) is 12.2. The molecule has 0 aromatic carbocycles. The van der Waals surface area contributed by atoms with E-state index in [1.807, 2.05) is 0 Å². The molecule has 1 saturated heterocycles. The maximum atomic E-state index is 9.53. The van der Waals surface area contributed by atoms with Crippen LogP contribution in [0.25, 0.3) is 0 Å². The quantitative estimate of drug-likeness (QED) is 0.890. The van der Waals surface area contributed by atoms with Gasteiger partial charge in [-0.3, -0.25) is 0 Å². The van der Waals surface area contributed by atoms with Gasteiger partial charge in [-0.05, 0) is 35.2 Å². The van der Waals surface area contributed by atoms with E-state index >= 15 is 0 Å². The molecule has 0 atom stereocenters. The summed E-state index contributed by atoms with van der Waals surface area (Å²) in [4.78, 5) is 10.8. The summed E-state index contributed by atoms with van der Waals surface area (Å²) in [6, 6.07) is 0. The highest BCUT2D eigenvalue weighted by atomic mass is 79.9. The van der Waals surface area contributed by atoms with Crippen molar-refractivity contribution < 1.29 is 5.11 Å². The second-order valence-electron chi connectivity index (χ2n) is 4.50. The first kappa shape index (κ1) is 13.5. The lowest BCUT2D eigenvalue weighted by Gasteiger charge is -2.31. The van der Waals surface area contributed by atoms with E-state index in [0.29, 0.717) is 0 Å². The van der Waals surface area contributed by atoms with Gasteiger partial charge in [0.25, 0.3) is 0 Å². The first-order valence-electron chi connectivity index (χ1n) is 6.39. The molecule has 0 aliphatic carbocycles. The van der Waals surface area contributed by atoms with Crippen LogP contribution in [0.2, 0.25) is 0 Å². The third-order valence-corrected chi connectivity index (χ3v) is 3.81. The van der Waals surface area contributed by atoms with Gasteiger partial charge in [-0.1, -0.05) is 6.92 Å². The van der Waals surface area contributed by atoms with Crippen LogP contribution in [0.1, 0.15) is 26.2 Å². The Bertz CT molecular complexity index is 394. The van der Waals surface area contributed by atoms with Crippen LogP contribution in [0.15, 0.2) is 10.8 Å². The highest BCUT2D eigenvalue weighted by Gasteiger charge is 2.21. The number of hydrogen-bond donors (Lipinski definition) is 2. The van der Waals surface area contributed by atoms with Crippen LogP contribution >= 0.6 is 15.9 Å². The number of anilines is 2. The molecule has 0 saturated carbocycles. The van der Waals surface area contributed by atoms with Crippen molar-refractivity contribution in [2.75, 3.05) is 29.9 Å². The first-order valence-corrected chi connectivity index (χ1v) is 7.19. The van der Waals surface area contributed by atoms with Gasteiger partial charge >= 0.3 is 0 Å². The van der Waals surface area contributed by atoms with Crippen molar-refractivity contribution in [2.45, 2.75) is 32.3 Å². The smallest absolute Gasteiger partial charge is 0.148 e. The van der Waals surface area contributed by atoms with Crippen molar-refractivity contribution in [3.05, 3.63) is 10.8 Å². The lowest BCUT2D eigenvalue weighted by atomic mass is 10.1. The van der Waals surface area contributed by atoms with E-state index in [2.05, 4.69) is 43.0 Å². The second kappa shape index (κ2) is 6.33. The number of aliphatic hydroxyl groups excluding tert-OH is 1. The molecule has 0 spiro atoms. The Morgan fingerprint density at radius 1 is 1.44 bits per heavy atom. The van der Waals surface area contributed by atoms with Crippen LogP contribution in [0, 0.1) is 0 Å². The van der Waals surface area contributed by atoms with Crippen LogP contribution in [-0.2, 0) is 0 Å². The number of nitrogens with zero attached hydrogens (tertiary/aromatic N) is 3. The average Bonchev–Trinajstić information content (AvgIpc) is 2.39. The number of nitrogens with one attached hydrogen (secondary N) is 1. The second-order valence-corrected chi connectivity index (χ2v) is 5.30. The number of hydrogen-bond acceptors (Lipinski definition) is 5. The maximum absolute atomic E-state index is 9.53. The molecular formula is C12H19BrN4O. The third kappa shape index (κ3) is 3.11. The Hall–Kier alpha value is -0.880. The average molecular weight is 315 g/mol. The fourth-order valence-electron chi connectivity index (χ4n) is 2.03. The van der Waals surface area contributed by atoms with Crippen molar-refractivity contribution in [3.63, 3.8) is 0 Å². The summed E-state index contributed by atoms with van der Waals surface area (Å²) in [6.07, 6.45) is 4.08. The Kier molecular flexibility index (Phi) is 4.77. The van der Waals surface area contributed by atoms with E-state index in [9.17, 15) is 5.11 Å². The van der Waals surface area contributed by atoms with Crippen LogP contribution in [0.4, 0.5) is 11.6 Å². The lowest BCUT2D eigenvalue weighted by Crippen LogP contribution is -2.36. The molecule has 1 aromatic rings. The maximum Gasteiger partial charge on any atom is 0.148 e. The molecule has 0 bridgehead atoms. The summed E-state index contributed by atoms with van der Waals surface area (Å²) in [6.45, 7) is 4.69. The minimum Gasteiger partial charge on any atom is -0.393 e. The molecule has 0 amide bonds. The molecule has 0 radical (unpaired) electrons. The standard InChI is InChI=1S/C12H19BrN4O/c1-2-5-14-11-10(13)12(16-8-15-11)17-6-3-9(18)4-7-17/h8-9,18H,2-7H2,1H3,(H,14,15,16). The van der Waals surface area contributed by atoms with E-state index in [4.69, 9.17) is 0 Å². The first-order chi connectivity index (χ1) is 8.72. The molecule has 2 rings (SSSR count). The summed E-state index contributed by atoms with van der Waals surface area (Å²) in [7, 11) is 0. The molecule has 2 heterocycles.